The summed E-state index contributed by atoms with van der Waals surface area (Å²) in [6.07, 6.45) is 13.8. The fourth-order valence-corrected chi connectivity index (χ4v) is 5.89. The minimum Gasteiger partial charge on any atom is -0.392 e. The monoisotopic (exact) mass is 220 g/mol. The highest BCUT2D eigenvalue weighted by molar-refractivity contribution is 5.09. The molecule has 0 aliphatic heterocycles. The molecule has 0 aromatic rings. The molecular weight excluding hydrogens is 196 g/mol. The summed E-state index contributed by atoms with van der Waals surface area (Å²) in [7, 11) is 0. The molecule has 0 heterocycles. The van der Waals surface area contributed by atoms with Crippen molar-refractivity contribution in [1.29, 1.82) is 0 Å². The highest BCUT2D eigenvalue weighted by Gasteiger charge is 2.59. The maximum atomic E-state index is 11.0. The molecule has 0 amide bonds. The summed E-state index contributed by atoms with van der Waals surface area (Å²) < 4.78 is 0. The third-order valence-electron chi connectivity index (χ3n) is 6.75. The summed E-state index contributed by atoms with van der Waals surface area (Å²) in [5.74, 6) is 1.95. The van der Waals surface area contributed by atoms with Gasteiger partial charge in [0.15, 0.2) is 0 Å². The number of hydrogen-bond acceptors (Lipinski definition) is 1. The Labute approximate surface area is 98.6 Å². The summed E-state index contributed by atoms with van der Waals surface area (Å²) in [5.41, 5.74) is 0.758. The molecular formula is C15H24O. The largest absolute Gasteiger partial charge is 0.392 e. The van der Waals surface area contributed by atoms with E-state index in [9.17, 15) is 5.11 Å². The van der Waals surface area contributed by atoms with E-state index in [1.807, 2.05) is 0 Å². The fraction of sp³-hybridized carbons (Fsp3) is 1.00. The van der Waals surface area contributed by atoms with Crippen molar-refractivity contribution in [1.82, 2.24) is 0 Å². The van der Waals surface area contributed by atoms with Gasteiger partial charge in [0, 0.05) is 0 Å². The first-order chi connectivity index (χ1) is 7.73. The van der Waals surface area contributed by atoms with E-state index in [1.54, 1.807) is 0 Å². The average Bonchev–Trinajstić information content (AvgIpc) is 3.08. The van der Waals surface area contributed by atoms with Crippen LogP contribution in [0.5, 0.6) is 0 Å². The highest BCUT2D eigenvalue weighted by Crippen LogP contribution is 2.65. The lowest BCUT2D eigenvalue weighted by Gasteiger charge is -2.43. The molecule has 0 atom stereocenters. The standard InChI is InChI=1S/C15H24O/c16-13(14-5-1-11(9-14)2-6-14)15-7-3-12(10-15)4-8-15/h11-13,16H,1-10H2. The van der Waals surface area contributed by atoms with E-state index >= 15 is 0 Å². The normalized spacial score (nSPS) is 56.1. The summed E-state index contributed by atoms with van der Waals surface area (Å²) in [6.45, 7) is 0. The van der Waals surface area contributed by atoms with Crippen LogP contribution in [0.2, 0.25) is 0 Å². The van der Waals surface area contributed by atoms with Crippen molar-refractivity contribution >= 4 is 0 Å². The molecule has 0 aromatic carbocycles. The van der Waals surface area contributed by atoms with E-state index in [1.165, 1.54) is 64.2 Å². The van der Waals surface area contributed by atoms with Gasteiger partial charge in [-0.25, -0.2) is 0 Å². The first kappa shape index (κ1) is 9.94. The number of aliphatic hydroxyl groups excluding tert-OH is 1. The van der Waals surface area contributed by atoms with E-state index in [0.29, 0.717) is 10.8 Å². The van der Waals surface area contributed by atoms with Crippen molar-refractivity contribution in [2.75, 3.05) is 0 Å². The van der Waals surface area contributed by atoms with E-state index < -0.39 is 0 Å². The van der Waals surface area contributed by atoms with Crippen molar-refractivity contribution in [3.8, 4) is 0 Å². The molecule has 0 aromatic heterocycles. The summed E-state index contributed by atoms with van der Waals surface area (Å²) >= 11 is 0. The average molecular weight is 220 g/mol. The van der Waals surface area contributed by atoms with Crippen molar-refractivity contribution in [2.24, 2.45) is 22.7 Å². The van der Waals surface area contributed by atoms with Crippen LogP contribution in [0.15, 0.2) is 0 Å². The molecule has 4 fully saturated rings. The van der Waals surface area contributed by atoms with Crippen LogP contribution in [0.3, 0.4) is 0 Å². The molecule has 16 heavy (non-hydrogen) atoms. The molecule has 1 N–H and O–H groups in total. The Morgan fingerprint density at radius 2 is 1.12 bits per heavy atom. The second-order valence-electron chi connectivity index (χ2n) is 7.42. The quantitative estimate of drug-likeness (QED) is 0.755. The Morgan fingerprint density at radius 1 is 0.750 bits per heavy atom. The second-order valence-corrected chi connectivity index (χ2v) is 7.42. The molecule has 0 saturated heterocycles. The lowest BCUT2D eigenvalue weighted by molar-refractivity contribution is -0.0661. The van der Waals surface area contributed by atoms with Gasteiger partial charge in [-0.2, -0.15) is 0 Å². The van der Waals surface area contributed by atoms with Gasteiger partial charge in [0.2, 0.25) is 0 Å². The van der Waals surface area contributed by atoms with Crippen molar-refractivity contribution in [2.45, 2.75) is 70.3 Å². The minimum atomic E-state index is 0.0556. The summed E-state index contributed by atoms with van der Waals surface area (Å²) in [6, 6.07) is 0. The zero-order valence-electron chi connectivity index (χ0n) is 10.3. The van der Waals surface area contributed by atoms with Crippen LogP contribution in [0.25, 0.3) is 0 Å². The van der Waals surface area contributed by atoms with Crippen LogP contribution < -0.4 is 0 Å². The molecule has 4 bridgehead atoms. The Morgan fingerprint density at radius 3 is 1.38 bits per heavy atom. The number of aliphatic hydroxyl groups is 1. The third-order valence-corrected chi connectivity index (χ3v) is 6.75. The maximum absolute atomic E-state index is 11.0. The molecule has 90 valence electrons. The van der Waals surface area contributed by atoms with Crippen LogP contribution in [0, 0.1) is 22.7 Å². The van der Waals surface area contributed by atoms with Gasteiger partial charge in [0.1, 0.15) is 0 Å². The number of rotatable bonds is 2. The summed E-state index contributed by atoms with van der Waals surface area (Å²) in [5, 5.41) is 11.0. The maximum Gasteiger partial charge on any atom is 0.0652 e. The van der Waals surface area contributed by atoms with E-state index in [2.05, 4.69) is 0 Å². The van der Waals surface area contributed by atoms with Crippen LogP contribution in [-0.2, 0) is 0 Å². The Hall–Kier alpha value is -0.0400. The molecule has 4 rings (SSSR count). The molecule has 4 saturated carbocycles. The van der Waals surface area contributed by atoms with Gasteiger partial charge < -0.3 is 5.11 Å². The number of hydrogen-bond donors (Lipinski definition) is 1. The molecule has 0 unspecified atom stereocenters. The molecule has 1 heteroatoms. The predicted molar refractivity (Wildman–Crippen MR) is 64.0 cm³/mol. The van der Waals surface area contributed by atoms with E-state index in [4.69, 9.17) is 0 Å². The molecule has 4 aliphatic carbocycles. The van der Waals surface area contributed by atoms with Crippen molar-refractivity contribution in [3.63, 3.8) is 0 Å². The van der Waals surface area contributed by atoms with Crippen molar-refractivity contribution < 1.29 is 5.11 Å². The van der Waals surface area contributed by atoms with Gasteiger partial charge in [0.05, 0.1) is 6.10 Å². The van der Waals surface area contributed by atoms with Gasteiger partial charge in [-0.15, -0.1) is 0 Å². The first-order valence-corrected chi connectivity index (χ1v) is 7.41. The smallest absolute Gasteiger partial charge is 0.0652 e. The minimum absolute atomic E-state index is 0.0556. The van der Waals surface area contributed by atoms with Gasteiger partial charge in [0.25, 0.3) is 0 Å². The lowest BCUT2D eigenvalue weighted by atomic mass is 9.65. The van der Waals surface area contributed by atoms with E-state index in [-0.39, 0.29) is 6.10 Å². The SMILES string of the molecule is OC(C12CCC(CC1)C2)C12CCC(CC1)C2. The second kappa shape index (κ2) is 3.04. The zero-order chi connectivity index (χ0) is 10.8. The topological polar surface area (TPSA) is 20.2 Å². The lowest BCUT2D eigenvalue weighted by Crippen LogP contribution is -2.43. The highest BCUT2D eigenvalue weighted by atomic mass is 16.3. The van der Waals surface area contributed by atoms with Gasteiger partial charge in [-0.05, 0) is 86.9 Å². The molecule has 0 radical (unpaired) electrons. The van der Waals surface area contributed by atoms with Crippen molar-refractivity contribution in [3.05, 3.63) is 0 Å². The predicted octanol–water partition coefficient (Wildman–Crippen LogP) is 3.51. The van der Waals surface area contributed by atoms with Gasteiger partial charge in [-0.1, -0.05) is 0 Å². The summed E-state index contributed by atoms with van der Waals surface area (Å²) in [4.78, 5) is 0. The fourth-order valence-electron chi connectivity index (χ4n) is 5.89. The number of fused-ring (bicyclic) bond motifs is 4. The molecule has 1 nitrogen and oxygen atoms in total. The molecule has 0 spiro atoms. The van der Waals surface area contributed by atoms with Gasteiger partial charge >= 0.3 is 0 Å². The van der Waals surface area contributed by atoms with E-state index in [0.717, 1.165) is 11.8 Å². The zero-order valence-corrected chi connectivity index (χ0v) is 10.3. The van der Waals surface area contributed by atoms with Crippen LogP contribution in [-0.4, -0.2) is 11.2 Å². The molecule has 4 aliphatic rings. The van der Waals surface area contributed by atoms with Crippen LogP contribution in [0.1, 0.15) is 64.2 Å². The Balaban J connectivity index is 1.63. The van der Waals surface area contributed by atoms with Crippen LogP contribution >= 0.6 is 0 Å². The Bertz CT molecular complexity index is 263. The third kappa shape index (κ3) is 1.11. The van der Waals surface area contributed by atoms with Gasteiger partial charge in [-0.3, -0.25) is 0 Å². The first-order valence-electron chi connectivity index (χ1n) is 7.41. The van der Waals surface area contributed by atoms with Crippen LogP contribution in [0.4, 0.5) is 0 Å². The Kier molecular flexibility index (Phi) is 1.89.